The first-order chi connectivity index (χ1) is 9.97. The van der Waals surface area contributed by atoms with Crippen LogP contribution < -0.4 is 4.74 Å². The van der Waals surface area contributed by atoms with Crippen LogP contribution in [0.2, 0.25) is 6.04 Å². The molecule has 2 rings (SSSR count). The number of ether oxygens (including phenoxy) is 1. The van der Waals surface area contributed by atoms with Gasteiger partial charge in [-0.15, -0.1) is 0 Å². The summed E-state index contributed by atoms with van der Waals surface area (Å²) in [5.41, 5.74) is 2.28. The Hall–Kier alpha value is 0.377. The van der Waals surface area contributed by atoms with Gasteiger partial charge >= 0.3 is 0 Å². The van der Waals surface area contributed by atoms with Crippen LogP contribution in [0.3, 0.4) is 0 Å². The van der Waals surface area contributed by atoms with Crippen molar-refractivity contribution in [1.29, 1.82) is 0 Å². The highest BCUT2D eigenvalue weighted by molar-refractivity contribution is 9.72. The van der Waals surface area contributed by atoms with Crippen LogP contribution in [-0.2, 0) is 0 Å². The molecule has 0 fully saturated rings. The molecule has 0 aliphatic heterocycles. The quantitative estimate of drug-likeness (QED) is 0.211. The number of para-hydroxylation sites is 1. The first kappa shape index (κ1) is 17.7. The fraction of sp³-hybridized carbons (Fsp3) is 0.200. The van der Waals surface area contributed by atoms with Crippen molar-refractivity contribution in [2.24, 2.45) is 0 Å². The average molecular weight is 558 g/mol. The lowest BCUT2D eigenvalue weighted by molar-refractivity contribution is 0.317. The van der Waals surface area contributed by atoms with Gasteiger partial charge in [-0.1, -0.05) is 88.3 Å². The van der Waals surface area contributed by atoms with Gasteiger partial charge in [0.2, 0.25) is 0 Å². The number of benzene rings is 2. The van der Waals surface area contributed by atoms with E-state index in [2.05, 4.69) is 80.0 Å². The van der Waals surface area contributed by atoms with Crippen LogP contribution in [0, 0.1) is 0 Å². The van der Waals surface area contributed by atoms with Crippen molar-refractivity contribution in [3.8, 4) is 16.9 Å². The minimum absolute atomic E-state index is 0.694. The van der Waals surface area contributed by atoms with E-state index in [-0.39, 0.29) is 0 Å². The molecule has 0 spiro atoms. The van der Waals surface area contributed by atoms with E-state index in [0.29, 0.717) is 6.61 Å². The molecular weight excluding hydrogens is 544 g/mol. The summed E-state index contributed by atoms with van der Waals surface area (Å²) < 4.78 is 5.48. The fourth-order valence-corrected chi connectivity index (χ4v) is 5.50. The Kier molecular flexibility index (Phi) is 7.00. The summed E-state index contributed by atoms with van der Waals surface area (Å²) >= 11 is 14.5. The Morgan fingerprint density at radius 3 is 2.29 bits per heavy atom. The zero-order valence-electron chi connectivity index (χ0n) is 11.2. The van der Waals surface area contributed by atoms with E-state index in [1.807, 2.05) is 30.3 Å². The molecule has 0 N–H and O–H groups in total. The van der Waals surface area contributed by atoms with Gasteiger partial charge in [0.05, 0.1) is 11.1 Å². The normalized spacial score (nSPS) is 11.4. The zero-order chi connectivity index (χ0) is 15.3. The molecule has 0 aliphatic carbocycles. The molecular formula is C15H14Br4OSi. The van der Waals surface area contributed by atoms with Gasteiger partial charge < -0.3 is 4.74 Å². The Morgan fingerprint density at radius 2 is 1.62 bits per heavy atom. The minimum atomic E-state index is -1.54. The highest BCUT2D eigenvalue weighted by Gasteiger charge is 2.21. The lowest BCUT2D eigenvalue weighted by Gasteiger charge is -2.14. The Labute approximate surface area is 158 Å². The van der Waals surface area contributed by atoms with Gasteiger partial charge in [0.1, 0.15) is 5.75 Å². The Morgan fingerprint density at radius 1 is 0.905 bits per heavy atom. The average Bonchev–Trinajstić information content (AvgIpc) is 2.44. The summed E-state index contributed by atoms with van der Waals surface area (Å²) in [5.74, 6) is 0.912. The number of rotatable bonds is 6. The van der Waals surface area contributed by atoms with E-state index in [1.54, 1.807) is 0 Å². The predicted octanol–water partition coefficient (Wildman–Crippen LogP) is 7.01. The van der Waals surface area contributed by atoms with E-state index >= 15 is 0 Å². The van der Waals surface area contributed by atoms with Gasteiger partial charge in [0.15, 0.2) is 0 Å². The van der Waals surface area contributed by atoms with E-state index < -0.39 is 3.93 Å². The third-order valence-corrected chi connectivity index (χ3v) is 8.02. The molecule has 112 valence electrons. The molecule has 21 heavy (non-hydrogen) atoms. The van der Waals surface area contributed by atoms with Crippen LogP contribution in [0.4, 0.5) is 0 Å². The van der Waals surface area contributed by atoms with E-state index in [4.69, 9.17) is 4.74 Å². The van der Waals surface area contributed by atoms with Crippen LogP contribution >= 0.6 is 61.8 Å². The van der Waals surface area contributed by atoms with E-state index in [0.717, 1.165) is 28.3 Å². The van der Waals surface area contributed by atoms with Gasteiger partial charge in [-0.05, 0) is 40.0 Å². The molecule has 0 unspecified atom stereocenters. The Balaban J connectivity index is 2.12. The number of hydrogen-bond donors (Lipinski definition) is 0. The molecule has 0 bridgehead atoms. The predicted molar refractivity (Wildman–Crippen MR) is 107 cm³/mol. The first-order valence-corrected chi connectivity index (χ1v) is 16.3. The van der Waals surface area contributed by atoms with Crippen molar-refractivity contribution in [3.63, 3.8) is 0 Å². The monoisotopic (exact) mass is 554 g/mol. The lowest BCUT2D eigenvalue weighted by Crippen LogP contribution is -2.09. The summed E-state index contributed by atoms with van der Waals surface area (Å²) in [6, 6.07) is 17.5. The summed E-state index contributed by atoms with van der Waals surface area (Å²) in [6.07, 6.45) is 0.990. The van der Waals surface area contributed by atoms with Crippen LogP contribution in [0.15, 0.2) is 53.0 Å². The number of halogens is 4. The van der Waals surface area contributed by atoms with Crippen molar-refractivity contribution in [2.75, 3.05) is 6.61 Å². The van der Waals surface area contributed by atoms with Crippen LogP contribution in [-0.4, -0.2) is 10.5 Å². The van der Waals surface area contributed by atoms with Crippen molar-refractivity contribution in [3.05, 3.63) is 53.0 Å². The van der Waals surface area contributed by atoms with E-state index in [1.165, 1.54) is 5.56 Å². The molecule has 2 aromatic rings. The van der Waals surface area contributed by atoms with Gasteiger partial charge in [0, 0.05) is 5.56 Å². The van der Waals surface area contributed by atoms with Crippen LogP contribution in [0.5, 0.6) is 5.75 Å². The highest BCUT2D eigenvalue weighted by Crippen LogP contribution is 2.37. The summed E-state index contributed by atoms with van der Waals surface area (Å²) in [6.45, 7) is 0.694. The third-order valence-electron chi connectivity index (χ3n) is 2.90. The first-order valence-electron chi connectivity index (χ1n) is 6.51. The molecule has 0 aromatic heterocycles. The van der Waals surface area contributed by atoms with Crippen LogP contribution in [0.25, 0.3) is 11.1 Å². The maximum atomic E-state index is 6.03. The molecule has 0 amide bonds. The van der Waals surface area contributed by atoms with E-state index in [9.17, 15) is 0 Å². The molecule has 0 aliphatic rings. The second kappa shape index (κ2) is 8.29. The molecule has 1 nitrogen and oxygen atoms in total. The second-order valence-corrected chi connectivity index (χ2v) is 28.9. The molecule has 6 heteroatoms. The number of hydrogen-bond acceptors (Lipinski definition) is 1. The minimum Gasteiger partial charge on any atom is -0.492 e. The zero-order valence-corrected chi connectivity index (χ0v) is 18.5. The SMILES string of the molecule is Brc1cccc(-c2ccccc2)c1OCCC[Si](Br)(Br)Br. The topological polar surface area (TPSA) is 9.23 Å². The standard InChI is InChI=1S/C15H14Br4OSi/c16-14-9-4-8-13(12-6-2-1-3-7-12)15(14)20-10-5-11-21(17,18)19/h1-4,6-9H,5,10-11H2. The summed E-state index contributed by atoms with van der Waals surface area (Å²) in [5, 5.41) is 0. The summed E-state index contributed by atoms with van der Waals surface area (Å²) in [7, 11) is 0. The lowest BCUT2D eigenvalue weighted by atomic mass is 10.1. The molecule has 0 radical (unpaired) electrons. The molecule has 0 heterocycles. The molecule has 0 saturated heterocycles. The van der Waals surface area contributed by atoms with Gasteiger partial charge in [-0.3, -0.25) is 0 Å². The maximum Gasteiger partial charge on any atom is 0.267 e. The van der Waals surface area contributed by atoms with Gasteiger partial charge in [-0.2, -0.15) is 0 Å². The highest BCUT2D eigenvalue weighted by atomic mass is 80.0. The van der Waals surface area contributed by atoms with Gasteiger partial charge in [0.25, 0.3) is 3.93 Å². The van der Waals surface area contributed by atoms with Gasteiger partial charge in [-0.25, -0.2) is 0 Å². The fourth-order valence-electron chi connectivity index (χ4n) is 1.95. The van der Waals surface area contributed by atoms with Crippen molar-refractivity contribution >= 4 is 65.7 Å². The maximum absolute atomic E-state index is 6.03. The Bertz CT molecular complexity index is 584. The van der Waals surface area contributed by atoms with Crippen molar-refractivity contribution in [2.45, 2.75) is 12.5 Å². The second-order valence-electron chi connectivity index (χ2n) is 4.55. The molecule has 0 saturated carbocycles. The summed E-state index contributed by atoms with van der Waals surface area (Å²) in [4.78, 5) is 0. The van der Waals surface area contributed by atoms with Crippen molar-refractivity contribution in [1.82, 2.24) is 0 Å². The molecule has 0 atom stereocenters. The smallest absolute Gasteiger partial charge is 0.267 e. The van der Waals surface area contributed by atoms with Crippen LogP contribution in [0.1, 0.15) is 6.42 Å². The third kappa shape index (κ3) is 5.82. The largest absolute Gasteiger partial charge is 0.492 e. The van der Waals surface area contributed by atoms with Crippen molar-refractivity contribution < 1.29 is 4.74 Å². The molecule has 2 aromatic carbocycles.